The highest BCUT2D eigenvalue weighted by atomic mass is 35.5. The van der Waals surface area contributed by atoms with Crippen LogP contribution in [0.5, 0.6) is 0 Å². The lowest BCUT2D eigenvalue weighted by atomic mass is 10.3. The molecule has 0 fully saturated rings. The zero-order valence-corrected chi connectivity index (χ0v) is 17.9. The fourth-order valence-corrected chi connectivity index (χ4v) is 6.03. The minimum absolute atomic E-state index is 0.169. The average molecular weight is 473 g/mol. The molecule has 27 heavy (non-hydrogen) atoms. The third-order valence-corrected chi connectivity index (χ3v) is 9.08. The predicted molar refractivity (Wildman–Crippen MR) is 101 cm³/mol. The molecule has 2 aromatic carbocycles. The van der Waals surface area contributed by atoms with Crippen LogP contribution < -0.4 is 9.44 Å². The van der Waals surface area contributed by atoms with Gasteiger partial charge in [0.15, 0.2) is 0 Å². The quantitative estimate of drug-likeness (QED) is 0.657. The lowest BCUT2D eigenvalue weighted by molar-refractivity contribution is 0.586. The lowest BCUT2D eigenvalue weighted by Crippen LogP contribution is -2.20. The molecule has 0 unspecified atom stereocenters. The van der Waals surface area contributed by atoms with Crippen molar-refractivity contribution in [3.05, 3.63) is 46.4 Å². The maximum absolute atomic E-state index is 12.9. The number of sulfone groups is 1. The van der Waals surface area contributed by atoms with Crippen molar-refractivity contribution in [1.29, 1.82) is 0 Å². The summed E-state index contributed by atoms with van der Waals surface area (Å²) in [5, 5.41) is -0.337. The van der Waals surface area contributed by atoms with E-state index in [0.717, 1.165) is 50.5 Å². The van der Waals surface area contributed by atoms with E-state index in [4.69, 9.17) is 23.2 Å². The molecular formula is C14H14Cl2N2O6S3. The van der Waals surface area contributed by atoms with Crippen LogP contribution in [0.2, 0.25) is 10.0 Å². The molecule has 2 rings (SSSR count). The van der Waals surface area contributed by atoms with E-state index >= 15 is 0 Å². The number of sulfonamides is 2. The van der Waals surface area contributed by atoms with Gasteiger partial charge in [-0.3, -0.25) is 0 Å². The SMILES string of the molecule is CNS(=O)(=O)c1cc(S(=O)(=O)c2ccc(Cl)c(S(=O)(=O)NC)c2)ccc1Cl. The topological polar surface area (TPSA) is 126 Å². The Morgan fingerprint density at radius 3 is 1.30 bits per heavy atom. The van der Waals surface area contributed by atoms with Crippen LogP contribution in [0.4, 0.5) is 0 Å². The molecule has 0 aliphatic rings. The largest absolute Gasteiger partial charge is 0.241 e. The molecule has 0 aliphatic carbocycles. The number of nitrogens with one attached hydrogen (secondary N) is 2. The summed E-state index contributed by atoms with van der Waals surface area (Å²) < 4.78 is 77.9. The summed E-state index contributed by atoms with van der Waals surface area (Å²) >= 11 is 11.7. The fraction of sp³-hybridized carbons (Fsp3) is 0.143. The van der Waals surface area contributed by atoms with Crippen LogP contribution in [-0.2, 0) is 29.9 Å². The van der Waals surface area contributed by atoms with Crippen LogP contribution in [0.1, 0.15) is 0 Å². The zero-order chi connectivity index (χ0) is 20.6. The Labute approximate surface area is 167 Å². The standard InChI is InChI=1S/C14H14Cl2N2O6S3/c1-17-26(21,22)13-7-9(3-5-11(13)15)25(19,20)10-4-6-12(16)14(8-10)27(23,24)18-2/h3-8,17-18H,1-2H3. The van der Waals surface area contributed by atoms with Crippen molar-refractivity contribution in [3.8, 4) is 0 Å². The number of hydrogen-bond acceptors (Lipinski definition) is 6. The van der Waals surface area contributed by atoms with Crippen LogP contribution in [-0.4, -0.2) is 39.3 Å². The highest BCUT2D eigenvalue weighted by molar-refractivity contribution is 7.92. The van der Waals surface area contributed by atoms with E-state index in [1.165, 1.54) is 0 Å². The van der Waals surface area contributed by atoms with Gasteiger partial charge in [-0.2, -0.15) is 0 Å². The summed E-state index contributed by atoms with van der Waals surface area (Å²) in [7, 11) is -9.97. The van der Waals surface area contributed by atoms with Gasteiger partial charge in [0.2, 0.25) is 29.9 Å². The molecular weight excluding hydrogens is 459 g/mol. The molecule has 148 valence electrons. The zero-order valence-electron chi connectivity index (χ0n) is 13.9. The van der Waals surface area contributed by atoms with E-state index in [-0.39, 0.29) is 19.8 Å². The Hall–Kier alpha value is -1.21. The van der Waals surface area contributed by atoms with E-state index in [1.54, 1.807) is 0 Å². The number of hydrogen-bond donors (Lipinski definition) is 2. The molecule has 0 aromatic heterocycles. The van der Waals surface area contributed by atoms with Gasteiger partial charge in [0.05, 0.1) is 19.8 Å². The summed E-state index contributed by atoms with van der Waals surface area (Å²) in [6, 6.07) is 6.27. The normalized spacial score (nSPS) is 12.9. The van der Waals surface area contributed by atoms with E-state index in [9.17, 15) is 25.3 Å². The average Bonchev–Trinajstić information content (AvgIpc) is 2.61. The maximum Gasteiger partial charge on any atom is 0.241 e. The van der Waals surface area contributed by atoms with Gasteiger partial charge in [0.1, 0.15) is 9.79 Å². The van der Waals surface area contributed by atoms with Crippen molar-refractivity contribution >= 4 is 53.1 Å². The number of benzene rings is 2. The monoisotopic (exact) mass is 472 g/mol. The molecule has 0 aliphatic heterocycles. The molecule has 8 nitrogen and oxygen atoms in total. The Kier molecular flexibility index (Phi) is 6.27. The Morgan fingerprint density at radius 2 is 1.00 bits per heavy atom. The smallest absolute Gasteiger partial charge is 0.219 e. The van der Waals surface area contributed by atoms with Crippen LogP contribution in [0.3, 0.4) is 0 Å². The van der Waals surface area contributed by atoms with Gasteiger partial charge in [-0.05, 0) is 50.5 Å². The second-order valence-electron chi connectivity index (χ2n) is 5.10. The van der Waals surface area contributed by atoms with E-state index in [0.29, 0.717) is 0 Å². The van der Waals surface area contributed by atoms with E-state index < -0.39 is 39.7 Å². The fourth-order valence-electron chi connectivity index (χ4n) is 2.07. The van der Waals surface area contributed by atoms with Gasteiger partial charge >= 0.3 is 0 Å². The second kappa shape index (κ2) is 7.66. The minimum atomic E-state index is -4.26. The van der Waals surface area contributed by atoms with Crippen molar-refractivity contribution in [2.45, 2.75) is 19.6 Å². The van der Waals surface area contributed by atoms with Crippen molar-refractivity contribution in [2.24, 2.45) is 0 Å². The van der Waals surface area contributed by atoms with Crippen molar-refractivity contribution in [2.75, 3.05) is 14.1 Å². The van der Waals surface area contributed by atoms with E-state index in [2.05, 4.69) is 0 Å². The van der Waals surface area contributed by atoms with Crippen LogP contribution >= 0.6 is 23.2 Å². The molecule has 0 radical (unpaired) electrons. The van der Waals surface area contributed by atoms with Crippen molar-refractivity contribution < 1.29 is 25.3 Å². The first-order chi connectivity index (χ1) is 12.4. The van der Waals surface area contributed by atoms with Gasteiger partial charge in [-0.1, -0.05) is 23.2 Å². The molecule has 0 heterocycles. The molecule has 0 bridgehead atoms. The summed E-state index contributed by atoms with van der Waals surface area (Å²) in [6.45, 7) is 0. The van der Waals surface area contributed by atoms with Gasteiger partial charge in [-0.25, -0.2) is 34.7 Å². The third-order valence-electron chi connectivity index (χ3n) is 3.54. The van der Waals surface area contributed by atoms with Gasteiger partial charge in [0, 0.05) is 0 Å². The lowest BCUT2D eigenvalue weighted by Gasteiger charge is -2.11. The van der Waals surface area contributed by atoms with Gasteiger partial charge in [-0.15, -0.1) is 0 Å². The van der Waals surface area contributed by atoms with Crippen molar-refractivity contribution in [1.82, 2.24) is 9.44 Å². The molecule has 13 heteroatoms. The molecule has 2 N–H and O–H groups in total. The summed E-state index contributed by atoms with van der Waals surface area (Å²) in [5.41, 5.74) is 0. The molecule has 0 spiro atoms. The number of halogens is 2. The van der Waals surface area contributed by atoms with E-state index in [1.807, 2.05) is 9.44 Å². The molecule has 0 atom stereocenters. The molecule has 0 saturated heterocycles. The van der Waals surface area contributed by atoms with Gasteiger partial charge in [0.25, 0.3) is 0 Å². The highest BCUT2D eigenvalue weighted by Crippen LogP contribution is 2.31. The summed E-state index contributed by atoms with van der Waals surface area (Å²) in [4.78, 5) is -1.61. The molecule has 0 saturated carbocycles. The first kappa shape index (κ1) is 22.1. The Balaban J connectivity index is 2.72. The van der Waals surface area contributed by atoms with Crippen molar-refractivity contribution in [3.63, 3.8) is 0 Å². The molecule has 0 amide bonds. The maximum atomic E-state index is 12.9. The minimum Gasteiger partial charge on any atom is -0.219 e. The van der Waals surface area contributed by atoms with Crippen LogP contribution in [0.25, 0.3) is 0 Å². The molecule has 2 aromatic rings. The Morgan fingerprint density at radius 1 is 0.667 bits per heavy atom. The third kappa shape index (κ3) is 4.29. The van der Waals surface area contributed by atoms with Crippen LogP contribution in [0, 0.1) is 0 Å². The first-order valence-electron chi connectivity index (χ1n) is 7.08. The second-order valence-corrected chi connectivity index (χ2v) is 11.6. The summed E-state index contributed by atoms with van der Waals surface area (Å²) in [5.74, 6) is 0. The van der Waals surface area contributed by atoms with Crippen LogP contribution in [0.15, 0.2) is 56.0 Å². The Bertz CT molecular complexity index is 1120. The first-order valence-corrected chi connectivity index (χ1v) is 12.3. The summed E-state index contributed by atoms with van der Waals surface area (Å²) in [6.07, 6.45) is 0. The highest BCUT2D eigenvalue weighted by Gasteiger charge is 2.26. The van der Waals surface area contributed by atoms with Gasteiger partial charge < -0.3 is 0 Å². The number of rotatable bonds is 6. The predicted octanol–water partition coefficient (Wildman–Crippen LogP) is 1.64.